The van der Waals surface area contributed by atoms with Crippen molar-refractivity contribution < 1.29 is 27.1 Å². The lowest BCUT2D eigenvalue weighted by Crippen LogP contribution is -2.31. The smallest absolute Gasteiger partial charge is 0.258 e. The second-order valence-corrected chi connectivity index (χ2v) is 10.3. The summed E-state index contributed by atoms with van der Waals surface area (Å²) in [5, 5.41) is 2.78. The quantitative estimate of drug-likeness (QED) is 0.480. The summed E-state index contributed by atoms with van der Waals surface area (Å²) in [7, 11) is -2.07. The first-order valence-corrected chi connectivity index (χ1v) is 13.1. The van der Waals surface area contributed by atoms with Crippen molar-refractivity contribution in [2.24, 2.45) is 0 Å². The van der Waals surface area contributed by atoms with Crippen LogP contribution in [0.5, 0.6) is 5.75 Å². The first kappa shape index (κ1) is 25.3. The lowest BCUT2D eigenvalue weighted by Gasteiger charge is -2.20. The Kier molecular flexibility index (Phi) is 7.37. The van der Waals surface area contributed by atoms with Gasteiger partial charge in [0.15, 0.2) is 0 Å². The molecule has 0 fully saturated rings. The van der Waals surface area contributed by atoms with Crippen molar-refractivity contribution in [1.29, 1.82) is 0 Å². The minimum atomic E-state index is -3.63. The van der Waals surface area contributed by atoms with Crippen molar-refractivity contribution in [2.45, 2.75) is 18.9 Å². The molecule has 0 spiro atoms. The van der Waals surface area contributed by atoms with Crippen LogP contribution < -0.4 is 19.7 Å². The van der Waals surface area contributed by atoms with Gasteiger partial charge in [0.2, 0.25) is 15.9 Å². The molecule has 1 heterocycles. The van der Waals surface area contributed by atoms with Crippen LogP contribution in [0.4, 0.5) is 15.8 Å². The Balaban J connectivity index is 1.50. The summed E-state index contributed by atoms with van der Waals surface area (Å²) in [5.41, 5.74) is 3.15. The Hall–Kier alpha value is -3.76. The summed E-state index contributed by atoms with van der Waals surface area (Å²) in [4.78, 5) is 27.6. The van der Waals surface area contributed by atoms with Gasteiger partial charge < -0.3 is 15.0 Å². The van der Waals surface area contributed by atoms with Crippen LogP contribution >= 0.6 is 0 Å². The molecule has 10 heteroatoms. The van der Waals surface area contributed by atoms with Crippen molar-refractivity contribution in [2.75, 3.05) is 30.1 Å². The van der Waals surface area contributed by atoms with Crippen molar-refractivity contribution in [1.82, 2.24) is 4.72 Å². The van der Waals surface area contributed by atoms with Gasteiger partial charge in [-0.1, -0.05) is 18.2 Å². The van der Waals surface area contributed by atoms with Crippen LogP contribution in [0.2, 0.25) is 0 Å². The number of sulfonamides is 1. The maximum atomic E-state index is 13.3. The molecule has 3 aromatic carbocycles. The van der Waals surface area contributed by atoms with Gasteiger partial charge >= 0.3 is 0 Å². The van der Waals surface area contributed by atoms with Gasteiger partial charge in [-0.25, -0.2) is 17.5 Å². The summed E-state index contributed by atoms with van der Waals surface area (Å²) in [6, 6.07) is 16.6. The summed E-state index contributed by atoms with van der Waals surface area (Å²) in [5.74, 6) is -0.407. The van der Waals surface area contributed by atoms with Crippen molar-refractivity contribution >= 4 is 33.2 Å². The summed E-state index contributed by atoms with van der Waals surface area (Å²) >= 11 is 0. The number of halogens is 1. The molecule has 3 aromatic rings. The number of anilines is 2. The van der Waals surface area contributed by atoms with Gasteiger partial charge in [-0.15, -0.1) is 0 Å². The predicted octanol–water partition coefficient (Wildman–Crippen LogP) is 3.66. The number of carbonyl (C=O) groups is 2. The molecule has 4 rings (SSSR count). The SMILES string of the molecule is COc1ccc(C(=O)N2CCc3ccc(NC(=O)C[C@@H](NS(C)(=O)=O)c4ccc(F)cc4)cc32)cc1. The molecule has 0 bridgehead atoms. The number of fused-ring (bicyclic) bond motifs is 1. The van der Waals surface area contributed by atoms with Gasteiger partial charge in [0.25, 0.3) is 5.91 Å². The topological polar surface area (TPSA) is 105 Å². The Bertz CT molecular complexity index is 1380. The van der Waals surface area contributed by atoms with E-state index in [0.717, 1.165) is 11.8 Å². The molecule has 188 valence electrons. The zero-order valence-corrected chi connectivity index (χ0v) is 20.6. The molecule has 2 N–H and O–H groups in total. The third-order valence-electron chi connectivity index (χ3n) is 5.86. The number of ether oxygens (including phenoxy) is 1. The number of hydrogen-bond donors (Lipinski definition) is 2. The number of rotatable bonds is 8. The fraction of sp³-hybridized carbons (Fsp3) is 0.231. The van der Waals surface area contributed by atoms with Crippen molar-refractivity contribution in [3.8, 4) is 5.75 Å². The number of nitrogens with one attached hydrogen (secondary N) is 2. The molecule has 0 aliphatic carbocycles. The van der Waals surface area contributed by atoms with E-state index in [1.54, 1.807) is 48.4 Å². The highest BCUT2D eigenvalue weighted by Gasteiger charge is 2.26. The Morgan fingerprint density at radius 3 is 2.39 bits per heavy atom. The molecule has 1 aliphatic heterocycles. The van der Waals surface area contributed by atoms with Gasteiger partial charge in [-0.05, 0) is 66.1 Å². The minimum Gasteiger partial charge on any atom is -0.497 e. The Morgan fingerprint density at radius 1 is 1.06 bits per heavy atom. The molecular formula is C26H26FN3O5S. The van der Waals surface area contributed by atoms with Crippen LogP contribution in [0.25, 0.3) is 0 Å². The molecule has 0 saturated carbocycles. The third-order valence-corrected chi connectivity index (χ3v) is 6.58. The highest BCUT2D eigenvalue weighted by Crippen LogP contribution is 2.32. The van der Waals surface area contributed by atoms with Crippen LogP contribution in [-0.4, -0.2) is 40.1 Å². The molecule has 0 radical (unpaired) electrons. The number of methoxy groups -OCH3 is 1. The lowest BCUT2D eigenvalue weighted by molar-refractivity contribution is -0.116. The largest absolute Gasteiger partial charge is 0.497 e. The normalized spacial score (nSPS) is 13.7. The van der Waals surface area contributed by atoms with Crippen LogP contribution in [0.15, 0.2) is 66.7 Å². The Labute approximate surface area is 209 Å². The monoisotopic (exact) mass is 511 g/mol. The van der Waals surface area contributed by atoms with E-state index >= 15 is 0 Å². The highest BCUT2D eigenvalue weighted by molar-refractivity contribution is 7.88. The summed E-state index contributed by atoms with van der Waals surface area (Å²) in [6.07, 6.45) is 1.48. The molecule has 0 aromatic heterocycles. The van der Waals surface area contributed by atoms with E-state index in [1.165, 1.54) is 24.3 Å². The molecule has 0 saturated heterocycles. The zero-order chi connectivity index (χ0) is 25.9. The maximum absolute atomic E-state index is 13.3. The average molecular weight is 512 g/mol. The van der Waals surface area contributed by atoms with Gasteiger partial charge in [0.05, 0.1) is 19.4 Å². The number of carbonyl (C=O) groups excluding carboxylic acids is 2. The highest BCUT2D eigenvalue weighted by atomic mass is 32.2. The van der Waals surface area contributed by atoms with Crippen LogP contribution in [0, 0.1) is 5.82 Å². The molecule has 0 unspecified atom stereocenters. The maximum Gasteiger partial charge on any atom is 0.258 e. The zero-order valence-electron chi connectivity index (χ0n) is 19.8. The average Bonchev–Trinajstić information content (AvgIpc) is 3.26. The van der Waals surface area contributed by atoms with E-state index in [9.17, 15) is 22.4 Å². The second-order valence-electron chi connectivity index (χ2n) is 8.53. The van der Waals surface area contributed by atoms with Gasteiger partial charge in [-0.3, -0.25) is 9.59 Å². The number of benzene rings is 3. The van der Waals surface area contributed by atoms with E-state index in [2.05, 4.69) is 10.0 Å². The molecule has 8 nitrogen and oxygen atoms in total. The van der Waals surface area contributed by atoms with E-state index in [1.807, 2.05) is 6.07 Å². The minimum absolute atomic E-state index is 0.159. The van der Waals surface area contributed by atoms with E-state index < -0.39 is 27.8 Å². The van der Waals surface area contributed by atoms with Gasteiger partial charge in [-0.2, -0.15) is 0 Å². The predicted molar refractivity (Wildman–Crippen MR) is 135 cm³/mol. The first-order chi connectivity index (χ1) is 17.1. The summed E-state index contributed by atoms with van der Waals surface area (Å²) in [6.45, 7) is 0.516. The van der Waals surface area contributed by atoms with Crippen LogP contribution in [-0.2, 0) is 21.2 Å². The second kappa shape index (κ2) is 10.5. The Morgan fingerprint density at radius 2 is 1.75 bits per heavy atom. The fourth-order valence-electron chi connectivity index (χ4n) is 4.14. The number of nitrogens with zero attached hydrogens (tertiary/aromatic N) is 1. The lowest BCUT2D eigenvalue weighted by atomic mass is 10.0. The molecule has 36 heavy (non-hydrogen) atoms. The fourth-order valence-corrected chi connectivity index (χ4v) is 4.87. The van der Waals surface area contributed by atoms with E-state index in [4.69, 9.17) is 4.74 Å². The molecule has 1 atom stereocenters. The molecular weight excluding hydrogens is 485 g/mol. The molecule has 1 aliphatic rings. The van der Waals surface area contributed by atoms with Crippen molar-refractivity contribution in [3.63, 3.8) is 0 Å². The third kappa shape index (κ3) is 6.07. The van der Waals surface area contributed by atoms with Crippen LogP contribution in [0.3, 0.4) is 0 Å². The van der Waals surface area contributed by atoms with Gasteiger partial charge in [0, 0.05) is 29.9 Å². The van der Waals surface area contributed by atoms with Crippen LogP contribution in [0.1, 0.15) is 33.9 Å². The standard InChI is InChI=1S/C26H26FN3O5S/c1-35-22-11-6-19(7-12-22)26(32)30-14-13-18-5-10-21(15-24(18)30)28-25(31)16-23(29-36(2,33)34)17-3-8-20(27)9-4-17/h3-12,15,23,29H,13-14,16H2,1-2H3,(H,28,31)/t23-/m1/s1. The first-order valence-electron chi connectivity index (χ1n) is 11.2. The van der Waals surface area contributed by atoms with E-state index in [0.29, 0.717) is 41.2 Å². The number of hydrogen-bond acceptors (Lipinski definition) is 5. The van der Waals surface area contributed by atoms with E-state index in [-0.39, 0.29) is 12.3 Å². The molecule has 2 amide bonds. The summed E-state index contributed by atoms with van der Waals surface area (Å²) < 4.78 is 44.6. The van der Waals surface area contributed by atoms with Gasteiger partial charge in [0.1, 0.15) is 11.6 Å². The van der Waals surface area contributed by atoms with Crippen molar-refractivity contribution in [3.05, 3.63) is 89.2 Å². The number of amides is 2.